The minimum Gasteiger partial charge on any atom is -0.312 e. The van der Waals surface area contributed by atoms with Gasteiger partial charge in [0.2, 0.25) is 0 Å². The molecule has 0 aromatic heterocycles. The van der Waals surface area contributed by atoms with E-state index in [-0.39, 0.29) is 0 Å². The summed E-state index contributed by atoms with van der Waals surface area (Å²) in [6, 6.07) is 10.5. The summed E-state index contributed by atoms with van der Waals surface area (Å²) in [5, 5.41) is 3.73. The van der Waals surface area contributed by atoms with Gasteiger partial charge in [-0.15, -0.1) is 0 Å². The second kappa shape index (κ2) is 5.41. The SMILES string of the molecule is CN(CCNC1CCc2ccccc2C1)C1CC1. The van der Waals surface area contributed by atoms with Crippen LogP contribution in [0, 0.1) is 0 Å². The number of nitrogens with zero attached hydrogens (tertiary/aromatic N) is 1. The third-order valence-corrected chi connectivity index (χ3v) is 4.41. The standard InChI is InChI=1S/C16H24N2/c1-18(16-8-9-16)11-10-17-15-7-6-13-4-2-3-5-14(13)12-15/h2-5,15-17H,6-12H2,1H3. The number of nitrogens with one attached hydrogen (secondary N) is 1. The minimum absolute atomic E-state index is 0.688. The zero-order chi connectivity index (χ0) is 12.4. The molecule has 2 heteroatoms. The number of rotatable bonds is 5. The smallest absolute Gasteiger partial charge is 0.0111 e. The molecule has 2 aliphatic rings. The lowest BCUT2D eigenvalue weighted by molar-refractivity contribution is 0.310. The van der Waals surface area contributed by atoms with E-state index in [1.165, 1.54) is 38.6 Å². The number of fused-ring (bicyclic) bond motifs is 1. The fraction of sp³-hybridized carbons (Fsp3) is 0.625. The van der Waals surface area contributed by atoms with Crippen molar-refractivity contribution in [2.24, 2.45) is 0 Å². The molecule has 2 aliphatic carbocycles. The van der Waals surface area contributed by atoms with Crippen molar-refractivity contribution in [3.8, 4) is 0 Å². The van der Waals surface area contributed by atoms with E-state index in [9.17, 15) is 0 Å². The average molecular weight is 244 g/mol. The first-order chi connectivity index (χ1) is 8.83. The zero-order valence-electron chi connectivity index (χ0n) is 11.4. The third-order valence-electron chi connectivity index (χ3n) is 4.41. The van der Waals surface area contributed by atoms with Crippen molar-refractivity contribution >= 4 is 0 Å². The van der Waals surface area contributed by atoms with Crippen LogP contribution in [0.2, 0.25) is 0 Å². The minimum atomic E-state index is 0.688. The molecule has 98 valence electrons. The summed E-state index contributed by atoms with van der Waals surface area (Å²) in [5.74, 6) is 0. The van der Waals surface area contributed by atoms with Gasteiger partial charge in [-0.1, -0.05) is 24.3 Å². The molecule has 18 heavy (non-hydrogen) atoms. The molecule has 0 amide bonds. The van der Waals surface area contributed by atoms with Crippen LogP contribution in [0.15, 0.2) is 24.3 Å². The molecule has 1 fully saturated rings. The number of hydrogen-bond donors (Lipinski definition) is 1. The van der Waals surface area contributed by atoms with Crippen LogP contribution in [0.3, 0.4) is 0 Å². The van der Waals surface area contributed by atoms with Gasteiger partial charge in [0.05, 0.1) is 0 Å². The molecule has 0 aliphatic heterocycles. The molecule has 1 aromatic carbocycles. The summed E-state index contributed by atoms with van der Waals surface area (Å²) in [5.41, 5.74) is 3.11. The van der Waals surface area contributed by atoms with E-state index in [4.69, 9.17) is 0 Å². The van der Waals surface area contributed by atoms with E-state index in [1.54, 1.807) is 11.1 Å². The predicted octanol–water partition coefficient (Wildman–Crippen LogP) is 2.23. The van der Waals surface area contributed by atoms with E-state index in [0.29, 0.717) is 6.04 Å². The Morgan fingerprint density at radius 1 is 1.17 bits per heavy atom. The third kappa shape index (κ3) is 2.93. The monoisotopic (exact) mass is 244 g/mol. The maximum Gasteiger partial charge on any atom is 0.0111 e. The van der Waals surface area contributed by atoms with Crippen molar-refractivity contribution in [1.82, 2.24) is 10.2 Å². The molecule has 0 heterocycles. The molecule has 1 atom stereocenters. The highest BCUT2D eigenvalue weighted by Gasteiger charge is 2.25. The normalized spacial score (nSPS) is 23.1. The van der Waals surface area contributed by atoms with E-state index in [1.807, 2.05) is 0 Å². The number of aryl methyl sites for hydroxylation is 1. The van der Waals surface area contributed by atoms with Gasteiger partial charge in [-0.2, -0.15) is 0 Å². The van der Waals surface area contributed by atoms with Crippen molar-refractivity contribution in [3.63, 3.8) is 0 Å². The summed E-state index contributed by atoms with van der Waals surface area (Å²) in [6.07, 6.45) is 6.57. The van der Waals surface area contributed by atoms with Gasteiger partial charge in [0.15, 0.2) is 0 Å². The van der Waals surface area contributed by atoms with Crippen LogP contribution in [-0.2, 0) is 12.8 Å². The Morgan fingerprint density at radius 2 is 1.94 bits per heavy atom. The van der Waals surface area contributed by atoms with Crippen molar-refractivity contribution in [2.45, 2.75) is 44.2 Å². The van der Waals surface area contributed by atoms with Crippen molar-refractivity contribution in [1.29, 1.82) is 0 Å². The van der Waals surface area contributed by atoms with Gasteiger partial charge in [-0.05, 0) is 50.3 Å². The average Bonchev–Trinajstić information content (AvgIpc) is 3.23. The molecule has 0 spiro atoms. The maximum atomic E-state index is 3.73. The Hall–Kier alpha value is -0.860. The molecule has 1 aromatic rings. The van der Waals surface area contributed by atoms with Crippen LogP contribution in [0.1, 0.15) is 30.4 Å². The molecule has 2 nitrogen and oxygen atoms in total. The summed E-state index contributed by atoms with van der Waals surface area (Å²) in [6.45, 7) is 2.34. The van der Waals surface area contributed by atoms with Gasteiger partial charge in [0, 0.05) is 25.2 Å². The highest BCUT2D eigenvalue weighted by Crippen LogP contribution is 2.25. The first-order valence-electron chi connectivity index (χ1n) is 7.33. The van der Waals surface area contributed by atoms with Crippen molar-refractivity contribution in [2.75, 3.05) is 20.1 Å². The lowest BCUT2D eigenvalue weighted by atomic mass is 9.88. The predicted molar refractivity (Wildman–Crippen MR) is 75.9 cm³/mol. The fourth-order valence-corrected chi connectivity index (χ4v) is 3.01. The van der Waals surface area contributed by atoms with E-state index in [0.717, 1.165) is 12.6 Å². The molecule has 0 bridgehead atoms. The lowest BCUT2D eigenvalue weighted by Gasteiger charge is -2.26. The number of hydrogen-bond acceptors (Lipinski definition) is 2. The highest BCUT2D eigenvalue weighted by atomic mass is 15.2. The number of likely N-dealkylation sites (N-methyl/N-ethyl adjacent to an activating group) is 1. The Kier molecular flexibility index (Phi) is 3.67. The van der Waals surface area contributed by atoms with Gasteiger partial charge in [0.1, 0.15) is 0 Å². The Morgan fingerprint density at radius 3 is 2.72 bits per heavy atom. The highest BCUT2D eigenvalue weighted by molar-refractivity contribution is 5.30. The van der Waals surface area contributed by atoms with E-state index < -0.39 is 0 Å². The van der Waals surface area contributed by atoms with Gasteiger partial charge < -0.3 is 10.2 Å². The van der Waals surface area contributed by atoms with E-state index >= 15 is 0 Å². The van der Waals surface area contributed by atoms with Crippen LogP contribution in [0.4, 0.5) is 0 Å². The summed E-state index contributed by atoms with van der Waals surface area (Å²) in [4.78, 5) is 2.50. The molecular weight excluding hydrogens is 220 g/mol. The fourth-order valence-electron chi connectivity index (χ4n) is 3.01. The molecule has 1 unspecified atom stereocenters. The first-order valence-corrected chi connectivity index (χ1v) is 7.33. The number of benzene rings is 1. The molecular formula is C16H24N2. The van der Waals surface area contributed by atoms with Crippen LogP contribution >= 0.6 is 0 Å². The molecule has 0 saturated heterocycles. The van der Waals surface area contributed by atoms with Gasteiger partial charge >= 0.3 is 0 Å². The zero-order valence-corrected chi connectivity index (χ0v) is 11.4. The maximum absolute atomic E-state index is 3.73. The molecule has 1 saturated carbocycles. The quantitative estimate of drug-likeness (QED) is 0.854. The second-order valence-corrected chi connectivity index (χ2v) is 5.87. The Labute approximate surface area is 110 Å². The Balaban J connectivity index is 1.44. The Bertz CT molecular complexity index is 398. The second-order valence-electron chi connectivity index (χ2n) is 5.87. The van der Waals surface area contributed by atoms with Crippen molar-refractivity contribution in [3.05, 3.63) is 35.4 Å². The van der Waals surface area contributed by atoms with Gasteiger partial charge in [-0.3, -0.25) is 0 Å². The van der Waals surface area contributed by atoms with Crippen LogP contribution in [-0.4, -0.2) is 37.1 Å². The lowest BCUT2D eigenvalue weighted by Crippen LogP contribution is -2.39. The summed E-state index contributed by atoms with van der Waals surface area (Å²) in [7, 11) is 2.26. The van der Waals surface area contributed by atoms with Gasteiger partial charge in [-0.25, -0.2) is 0 Å². The largest absolute Gasteiger partial charge is 0.312 e. The first kappa shape index (κ1) is 12.2. The van der Waals surface area contributed by atoms with Gasteiger partial charge in [0.25, 0.3) is 0 Å². The topological polar surface area (TPSA) is 15.3 Å². The van der Waals surface area contributed by atoms with E-state index in [2.05, 4.69) is 41.5 Å². The molecule has 3 rings (SSSR count). The van der Waals surface area contributed by atoms with Crippen LogP contribution < -0.4 is 5.32 Å². The summed E-state index contributed by atoms with van der Waals surface area (Å²) < 4.78 is 0. The van der Waals surface area contributed by atoms with Crippen molar-refractivity contribution < 1.29 is 0 Å². The van der Waals surface area contributed by atoms with Crippen LogP contribution in [0.25, 0.3) is 0 Å². The van der Waals surface area contributed by atoms with Crippen LogP contribution in [0.5, 0.6) is 0 Å². The summed E-state index contributed by atoms with van der Waals surface area (Å²) >= 11 is 0. The molecule has 1 N–H and O–H groups in total. The molecule has 0 radical (unpaired) electrons.